The molecule has 4 aromatic carbocycles. The van der Waals surface area contributed by atoms with Gasteiger partial charge in [-0.15, -0.1) is 33.5 Å². The lowest BCUT2D eigenvalue weighted by Crippen LogP contribution is -2.13. The summed E-state index contributed by atoms with van der Waals surface area (Å²) in [7, 11) is -11.5. The number of phenols is 1. The molecule has 4 aromatic rings. The molecule has 0 radical (unpaired) electrons. The zero-order chi connectivity index (χ0) is 43.1. The molecule has 0 bridgehead atoms. The minimum absolute atomic E-state index is 0.0200. The number of aromatic hydroxyl groups is 1. The number of sulfone groups is 2. The first kappa shape index (κ1) is 47.8. The number of fused-ring (bicyclic) bond motifs is 1. The molecule has 6 N–H and O–H groups in total. The van der Waals surface area contributed by atoms with Gasteiger partial charge in [0.1, 0.15) is 34.4 Å². The van der Waals surface area contributed by atoms with E-state index in [0.29, 0.717) is 12.0 Å². The molecule has 31 heteroatoms. The standard InChI is InChI=1S/C28H29N5O20S6/c1-45-23-9-6-17(57(38,39)12-10-46-55-52-49-36)14-22(23)31-33-27-24(54-51-48-35)15-19-18(28(27)34)7-8-21(29-16-59(42,43)44)26(19)32-30-20-4-2-3-5-25(20)58(40,41)13-11-47-56-53-50-37/h2-9,14-15,29,34-37H,10-13,16H2,1H3,(H,42,43,44)/b32-30+,33-31+. The van der Waals surface area contributed by atoms with E-state index < -0.39 is 59.5 Å². The van der Waals surface area contributed by atoms with Crippen molar-refractivity contribution in [2.45, 2.75) is 14.7 Å². The highest BCUT2D eigenvalue weighted by molar-refractivity contribution is 7.94. The summed E-state index contributed by atoms with van der Waals surface area (Å²) in [5.74, 6) is -2.73. The highest BCUT2D eigenvalue weighted by Crippen LogP contribution is 2.48. The average Bonchev–Trinajstić information content (AvgIpc) is 3.20. The maximum atomic E-state index is 13.2. The molecule has 0 aliphatic carbocycles. The smallest absolute Gasteiger partial charge is 0.283 e. The zero-order valence-corrected chi connectivity index (χ0v) is 34.3. The minimum Gasteiger partial charge on any atom is -0.505 e. The highest BCUT2D eigenvalue weighted by atomic mass is 32.2. The van der Waals surface area contributed by atoms with Crippen molar-refractivity contribution in [2.24, 2.45) is 20.5 Å². The normalized spacial score (nSPS) is 12.6. The summed E-state index contributed by atoms with van der Waals surface area (Å²) in [6, 6.07) is 12.8. The van der Waals surface area contributed by atoms with Gasteiger partial charge in [-0.1, -0.05) is 27.2 Å². The molecule has 25 nitrogen and oxygen atoms in total. The van der Waals surface area contributed by atoms with Crippen LogP contribution in [0.25, 0.3) is 10.8 Å². The molecule has 0 spiro atoms. The number of nitrogens with one attached hydrogen (secondary N) is 1. The molecule has 0 aliphatic rings. The third-order valence-corrected chi connectivity index (χ3v) is 12.4. The van der Waals surface area contributed by atoms with E-state index in [0.717, 1.165) is 6.07 Å². The lowest BCUT2D eigenvalue weighted by atomic mass is 10.1. The number of hydrogen-bond donors (Lipinski definition) is 6. The summed E-state index contributed by atoms with van der Waals surface area (Å²) in [5, 5.41) is 66.2. The van der Waals surface area contributed by atoms with Crippen molar-refractivity contribution in [3.63, 3.8) is 0 Å². The first-order valence-corrected chi connectivity index (χ1v) is 22.4. The van der Waals surface area contributed by atoms with Crippen LogP contribution in [0.1, 0.15) is 0 Å². The second-order valence-electron chi connectivity index (χ2n) is 10.7. The van der Waals surface area contributed by atoms with Crippen LogP contribution in [0.3, 0.4) is 0 Å². The Morgan fingerprint density at radius 2 is 1.32 bits per heavy atom. The fraction of sp³-hybridized carbons (Fsp3) is 0.214. The van der Waals surface area contributed by atoms with E-state index >= 15 is 0 Å². The van der Waals surface area contributed by atoms with E-state index in [-0.39, 0.29) is 90.9 Å². The minimum atomic E-state index is -4.62. The monoisotopic (exact) mass is 947 g/mol. The molecule has 4 rings (SSSR count). The predicted octanol–water partition coefficient (Wildman–Crippen LogP) is 6.62. The van der Waals surface area contributed by atoms with Crippen LogP contribution < -0.4 is 10.1 Å². The number of benzene rings is 4. The molecular formula is C28H29N5O20S6. The third kappa shape index (κ3) is 13.8. The van der Waals surface area contributed by atoms with Crippen molar-refractivity contribution >= 4 is 106 Å². The van der Waals surface area contributed by atoms with Gasteiger partial charge in [0.2, 0.25) is 0 Å². The Labute approximate surface area is 346 Å². The number of nitrogens with zero attached hydrogens (tertiary/aromatic N) is 4. The van der Waals surface area contributed by atoms with Crippen LogP contribution in [0.5, 0.6) is 11.5 Å². The van der Waals surface area contributed by atoms with Gasteiger partial charge in [0.25, 0.3) is 10.1 Å². The summed E-state index contributed by atoms with van der Waals surface area (Å²) in [4.78, 5) is -0.694. The number of hydrogen-bond acceptors (Lipinski definition) is 27. The first-order valence-electron chi connectivity index (χ1n) is 15.4. The van der Waals surface area contributed by atoms with Crippen molar-refractivity contribution in [2.75, 3.05) is 43.0 Å². The van der Waals surface area contributed by atoms with Gasteiger partial charge in [-0.25, -0.2) is 32.6 Å². The molecule has 0 aromatic heterocycles. The molecule has 0 unspecified atom stereocenters. The molecule has 59 heavy (non-hydrogen) atoms. The Balaban J connectivity index is 1.83. The van der Waals surface area contributed by atoms with Crippen molar-refractivity contribution in [1.29, 1.82) is 0 Å². The van der Waals surface area contributed by atoms with E-state index in [1.165, 1.54) is 61.7 Å². The molecular weight excluding hydrogens is 919 g/mol. The average molecular weight is 948 g/mol. The van der Waals surface area contributed by atoms with Crippen LogP contribution in [0.2, 0.25) is 0 Å². The quantitative estimate of drug-likeness (QED) is 0.0101. The van der Waals surface area contributed by atoms with Gasteiger partial charge in [0, 0.05) is 10.8 Å². The SMILES string of the molecule is COc1ccc(S(=O)(=O)CCOSOOO)cc1/N=N/c1c(SOOO)cc2c(/N=N/c3ccccc3S(=O)(=O)CCOSOOO)c(NCS(=O)(=O)O)ccc2c1O. The molecule has 0 amide bonds. The van der Waals surface area contributed by atoms with Crippen molar-refractivity contribution in [1.82, 2.24) is 0 Å². The van der Waals surface area contributed by atoms with Crippen LogP contribution >= 0.6 is 36.7 Å². The second kappa shape index (κ2) is 22.7. The van der Waals surface area contributed by atoms with Crippen molar-refractivity contribution in [3.05, 3.63) is 60.7 Å². The number of anilines is 1. The first-order chi connectivity index (χ1) is 28.2. The number of rotatable bonds is 25. The van der Waals surface area contributed by atoms with E-state index in [4.69, 9.17) is 28.9 Å². The van der Waals surface area contributed by atoms with Crippen molar-refractivity contribution in [3.8, 4) is 11.5 Å². The van der Waals surface area contributed by atoms with Crippen LogP contribution in [-0.4, -0.2) is 88.4 Å². The van der Waals surface area contributed by atoms with Crippen molar-refractivity contribution < 1.29 is 91.9 Å². The summed E-state index contributed by atoms with van der Waals surface area (Å²) in [6.45, 7) is -0.800. The van der Waals surface area contributed by atoms with Gasteiger partial charge in [0.05, 0.1) is 64.2 Å². The Bertz CT molecular complexity index is 2460. The maximum Gasteiger partial charge on any atom is 0.283 e. The van der Waals surface area contributed by atoms with Crippen LogP contribution in [0.15, 0.2) is 95.8 Å². The topological polar surface area (TPSA) is 348 Å². The van der Waals surface area contributed by atoms with E-state index in [2.05, 4.69) is 53.9 Å². The molecule has 322 valence electrons. The van der Waals surface area contributed by atoms with Crippen LogP contribution in [0.4, 0.5) is 28.4 Å². The van der Waals surface area contributed by atoms with Gasteiger partial charge >= 0.3 is 0 Å². The van der Waals surface area contributed by atoms with Gasteiger partial charge < -0.3 is 15.2 Å². The Morgan fingerprint density at radius 1 is 0.695 bits per heavy atom. The third-order valence-electron chi connectivity index (χ3n) is 7.11. The van der Waals surface area contributed by atoms with Gasteiger partial charge in [-0.3, -0.25) is 12.9 Å². The van der Waals surface area contributed by atoms with E-state index in [1.54, 1.807) is 0 Å². The molecule has 0 heterocycles. The van der Waals surface area contributed by atoms with E-state index in [9.17, 15) is 34.9 Å². The zero-order valence-electron chi connectivity index (χ0n) is 29.4. The fourth-order valence-corrected chi connectivity index (χ4v) is 8.44. The second-order valence-corrected chi connectivity index (χ2v) is 18.1. The molecule has 0 aliphatic heterocycles. The number of methoxy groups -OCH3 is 1. The lowest BCUT2D eigenvalue weighted by Gasteiger charge is -2.14. The predicted molar refractivity (Wildman–Crippen MR) is 205 cm³/mol. The summed E-state index contributed by atoms with van der Waals surface area (Å²) < 4.78 is 113. The summed E-state index contributed by atoms with van der Waals surface area (Å²) in [6.07, 6.45) is 0. The van der Waals surface area contributed by atoms with Gasteiger partial charge in [-0.05, 0) is 48.5 Å². The van der Waals surface area contributed by atoms with Crippen LogP contribution in [0, 0.1) is 0 Å². The Kier molecular flexibility index (Phi) is 18.4. The Hall–Kier alpha value is -3.84. The molecule has 0 saturated carbocycles. The molecule has 0 saturated heterocycles. The number of azo groups is 2. The van der Waals surface area contributed by atoms with Gasteiger partial charge in [-0.2, -0.15) is 8.42 Å². The molecule has 0 fully saturated rings. The lowest BCUT2D eigenvalue weighted by molar-refractivity contribution is -0.434. The van der Waals surface area contributed by atoms with Crippen LogP contribution in [-0.2, 0) is 66.3 Å². The number of phenolic OH excluding ortho intramolecular Hbond substituents is 1. The Morgan fingerprint density at radius 3 is 1.97 bits per heavy atom. The van der Waals surface area contributed by atoms with Gasteiger partial charge in [0.15, 0.2) is 50.1 Å². The van der Waals surface area contributed by atoms with E-state index in [1.807, 2.05) is 0 Å². The highest BCUT2D eigenvalue weighted by Gasteiger charge is 2.23. The largest absolute Gasteiger partial charge is 0.505 e. The maximum absolute atomic E-state index is 13.2. The summed E-state index contributed by atoms with van der Waals surface area (Å²) in [5.41, 5.74) is -0.992. The molecule has 0 atom stereocenters. The number of ether oxygens (including phenoxy) is 1. The summed E-state index contributed by atoms with van der Waals surface area (Å²) >= 11 is 0.651. The fourth-order valence-electron chi connectivity index (χ4n) is 4.64.